The number of aliphatic carboxylic acids is 1. The van der Waals surface area contributed by atoms with E-state index in [4.69, 9.17) is 0 Å². The highest BCUT2D eigenvalue weighted by atomic mass is 16.4. The van der Waals surface area contributed by atoms with E-state index < -0.39 is 11.5 Å². The van der Waals surface area contributed by atoms with Gasteiger partial charge in [-0.2, -0.15) is 0 Å². The van der Waals surface area contributed by atoms with Crippen LogP contribution in [0.1, 0.15) is 52.4 Å². The van der Waals surface area contributed by atoms with Gasteiger partial charge in [0.05, 0.1) is 11.8 Å². The van der Waals surface area contributed by atoms with E-state index in [1.54, 1.807) is 0 Å². The van der Waals surface area contributed by atoms with E-state index in [2.05, 4.69) is 6.92 Å². The molecule has 3 rings (SSSR count). The van der Waals surface area contributed by atoms with Crippen molar-refractivity contribution in [1.29, 1.82) is 0 Å². The van der Waals surface area contributed by atoms with Crippen LogP contribution in [0.2, 0.25) is 0 Å². The quantitative estimate of drug-likeness (QED) is 0.791. The Hall–Kier alpha value is -1.39. The highest BCUT2D eigenvalue weighted by molar-refractivity contribution is 6.09. The van der Waals surface area contributed by atoms with Crippen molar-refractivity contribution < 1.29 is 19.5 Å². The molecule has 0 radical (unpaired) electrons. The molecule has 116 valence electrons. The van der Waals surface area contributed by atoms with Crippen molar-refractivity contribution in [2.24, 2.45) is 23.7 Å². The van der Waals surface area contributed by atoms with Crippen LogP contribution in [0.25, 0.3) is 0 Å². The molecule has 2 saturated carbocycles. The smallest absolute Gasteiger partial charge is 0.330 e. The molecule has 0 aromatic heterocycles. The summed E-state index contributed by atoms with van der Waals surface area (Å²) in [6.07, 6.45) is 3.97. The van der Waals surface area contributed by atoms with Crippen molar-refractivity contribution >= 4 is 17.8 Å². The number of carboxylic acid groups (broad SMARTS) is 1. The number of carboxylic acids is 1. The summed E-state index contributed by atoms with van der Waals surface area (Å²) in [5.41, 5.74) is -1.29. The fourth-order valence-corrected chi connectivity index (χ4v) is 4.72. The van der Waals surface area contributed by atoms with Gasteiger partial charge >= 0.3 is 5.97 Å². The molecule has 3 aliphatic rings. The second-order valence-electron chi connectivity index (χ2n) is 7.34. The van der Waals surface area contributed by atoms with Gasteiger partial charge in [0.25, 0.3) is 0 Å². The fraction of sp³-hybridized carbons (Fsp3) is 0.812. The van der Waals surface area contributed by atoms with Crippen LogP contribution in [0.5, 0.6) is 0 Å². The third-order valence-electron chi connectivity index (χ3n) is 5.67. The van der Waals surface area contributed by atoms with Crippen molar-refractivity contribution in [3.05, 3.63) is 0 Å². The Labute approximate surface area is 124 Å². The van der Waals surface area contributed by atoms with Gasteiger partial charge in [-0.3, -0.25) is 14.5 Å². The Morgan fingerprint density at radius 3 is 2.19 bits per heavy atom. The third kappa shape index (κ3) is 2.00. The van der Waals surface area contributed by atoms with E-state index in [0.717, 1.165) is 30.6 Å². The lowest BCUT2D eigenvalue weighted by Crippen LogP contribution is -2.59. The van der Waals surface area contributed by atoms with Crippen molar-refractivity contribution in [2.75, 3.05) is 0 Å². The van der Waals surface area contributed by atoms with E-state index >= 15 is 0 Å². The molecule has 1 aliphatic heterocycles. The number of carbonyl (C=O) groups is 3. The summed E-state index contributed by atoms with van der Waals surface area (Å²) in [6.45, 7) is 4.06. The zero-order valence-electron chi connectivity index (χ0n) is 12.7. The molecule has 21 heavy (non-hydrogen) atoms. The van der Waals surface area contributed by atoms with Gasteiger partial charge < -0.3 is 5.11 Å². The Morgan fingerprint density at radius 1 is 1.14 bits per heavy atom. The Balaban J connectivity index is 1.96. The summed E-state index contributed by atoms with van der Waals surface area (Å²) in [7, 11) is 0. The number of nitrogens with zero attached hydrogens (tertiary/aromatic N) is 1. The van der Waals surface area contributed by atoms with Crippen molar-refractivity contribution in [1.82, 2.24) is 4.90 Å². The number of rotatable bonds is 2. The van der Waals surface area contributed by atoms with Crippen LogP contribution in [0.3, 0.4) is 0 Å². The number of hydrogen-bond donors (Lipinski definition) is 1. The zero-order chi connectivity index (χ0) is 15.4. The molecule has 4 atom stereocenters. The minimum absolute atomic E-state index is 0.231. The van der Waals surface area contributed by atoms with Crippen molar-refractivity contribution in [2.45, 2.75) is 57.9 Å². The fourth-order valence-electron chi connectivity index (χ4n) is 4.72. The predicted octanol–water partition coefficient (Wildman–Crippen LogP) is 2.05. The van der Waals surface area contributed by atoms with E-state index in [1.807, 2.05) is 6.92 Å². The first-order valence-electron chi connectivity index (χ1n) is 7.98. The number of imide groups is 1. The number of likely N-dealkylation sites (tertiary alicyclic amines) is 1. The van der Waals surface area contributed by atoms with Gasteiger partial charge in [0.15, 0.2) is 0 Å². The van der Waals surface area contributed by atoms with E-state index in [1.165, 1.54) is 0 Å². The Kier molecular flexibility index (Phi) is 3.34. The molecule has 5 nitrogen and oxygen atoms in total. The second-order valence-corrected chi connectivity index (χ2v) is 7.34. The molecular formula is C16H23NO4. The largest absolute Gasteiger partial charge is 0.479 e. The summed E-state index contributed by atoms with van der Waals surface area (Å²) in [6, 6.07) is 0. The SMILES string of the molecule is CC1CC2C(=O)N(C3(C(=O)O)CCCC(C)C3)C(=O)C2C1. The highest BCUT2D eigenvalue weighted by Gasteiger charge is 2.61. The number of carbonyl (C=O) groups excluding carboxylic acids is 2. The molecule has 3 fully saturated rings. The third-order valence-corrected chi connectivity index (χ3v) is 5.67. The lowest BCUT2D eigenvalue weighted by molar-refractivity contribution is -0.167. The molecule has 2 amide bonds. The molecule has 5 heteroatoms. The van der Waals surface area contributed by atoms with Crippen LogP contribution in [-0.2, 0) is 14.4 Å². The average Bonchev–Trinajstić information content (AvgIpc) is 2.89. The van der Waals surface area contributed by atoms with Gasteiger partial charge in [0, 0.05) is 0 Å². The van der Waals surface area contributed by atoms with Crippen molar-refractivity contribution in [3.63, 3.8) is 0 Å². The van der Waals surface area contributed by atoms with Gasteiger partial charge in [-0.05, 0) is 37.5 Å². The standard InChI is InChI=1S/C16H23NO4/c1-9-4-3-5-16(8-9,15(20)21)17-13(18)11-6-10(2)7-12(11)14(17)19/h9-12H,3-8H2,1-2H3,(H,20,21). The van der Waals surface area contributed by atoms with E-state index in [-0.39, 0.29) is 29.6 Å². The maximum absolute atomic E-state index is 12.7. The van der Waals surface area contributed by atoms with Crippen LogP contribution in [0, 0.1) is 23.7 Å². The first-order valence-corrected chi connectivity index (χ1v) is 7.98. The summed E-state index contributed by atoms with van der Waals surface area (Å²) < 4.78 is 0. The lowest BCUT2D eigenvalue weighted by atomic mass is 9.75. The first kappa shape index (κ1) is 14.5. The van der Waals surface area contributed by atoms with Crippen LogP contribution in [0.15, 0.2) is 0 Å². The summed E-state index contributed by atoms with van der Waals surface area (Å²) in [5, 5.41) is 9.77. The molecule has 1 saturated heterocycles. The van der Waals surface area contributed by atoms with Crippen LogP contribution in [-0.4, -0.2) is 33.3 Å². The number of hydrogen-bond acceptors (Lipinski definition) is 3. The summed E-state index contributed by atoms with van der Waals surface area (Å²) in [5.74, 6) is -1.42. The molecule has 1 N–H and O–H groups in total. The monoisotopic (exact) mass is 293 g/mol. The maximum Gasteiger partial charge on any atom is 0.330 e. The minimum Gasteiger partial charge on any atom is -0.479 e. The van der Waals surface area contributed by atoms with Crippen LogP contribution >= 0.6 is 0 Å². The van der Waals surface area contributed by atoms with Crippen molar-refractivity contribution in [3.8, 4) is 0 Å². The number of fused-ring (bicyclic) bond motifs is 1. The minimum atomic E-state index is -1.29. The molecule has 4 unspecified atom stereocenters. The lowest BCUT2D eigenvalue weighted by Gasteiger charge is -2.42. The molecule has 0 spiro atoms. The molecule has 0 aromatic carbocycles. The molecule has 1 heterocycles. The summed E-state index contributed by atoms with van der Waals surface area (Å²) >= 11 is 0. The first-order chi connectivity index (χ1) is 9.86. The predicted molar refractivity (Wildman–Crippen MR) is 75.2 cm³/mol. The second kappa shape index (κ2) is 4.82. The topological polar surface area (TPSA) is 74.7 Å². The summed E-state index contributed by atoms with van der Waals surface area (Å²) in [4.78, 5) is 38.5. The molecular weight excluding hydrogens is 270 g/mol. The van der Waals surface area contributed by atoms with Gasteiger partial charge in [0.1, 0.15) is 5.54 Å². The molecule has 2 aliphatic carbocycles. The van der Waals surface area contributed by atoms with E-state index in [9.17, 15) is 19.5 Å². The zero-order valence-corrected chi connectivity index (χ0v) is 12.7. The molecule has 0 aromatic rings. The number of amides is 2. The van der Waals surface area contributed by atoms with E-state index in [0.29, 0.717) is 18.8 Å². The average molecular weight is 293 g/mol. The Morgan fingerprint density at radius 2 is 1.71 bits per heavy atom. The molecule has 0 bridgehead atoms. The van der Waals surface area contributed by atoms with Gasteiger partial charge in [-0.15, -0.1) is 0 Å². The van der Waals surface area contributed by atoms with Gasteiger partial charge in [-0.25, -0.2) is 4.79 Å². The van der Waals surface area contributed by atoms with Crippen LogP contribution in [0.4, 0.5) is 0 Å². The van der Waals surface area contributed by atoms with Gasteiger partial charge in [0.2, 0.25) is 11.8 Å². The van der Waals surface area contributed by atoms with Crippen LogP contribution < -0.4 is 0 Å². The Bertz CT molecular complexity index is 479. The normalized spacial score (nSPS) is 43.2. The van der Waals surface area contributed by atoms with Gasteiger partial charge in [-0.1, -0.05) is 26.7 Å². The maximum atomic E-state index is 12.7. The highest BCUT2D eigenvalue weighted by Crippen LogP contribution is 2.48.